The molecule has 0 unspecified atom stereocenters. The molecule has 1 amide bonds. The van der Waals surface area contributed by atoms with Gasteiger partial charge in [-0.2, -0.15) is 0 Å². The molecule has 1 saturated heterocycles. The van der Waals surface area contributed by atoms with Gasteiger partial charge in [-0.05, 0) is 42.9 Å². The van der Waals surface area contributed by atoms with Crippen LogP contribution in [0.2, 0.25) is 0 Å². The average Bonchev–Trinajstić information content (AvgIpc) is 3.07. The highest BCUT2D eigenvalue weighted by Gasteiger charge is 2.40. The smallest absolute Gasteiger partial charge is 0.220 e. The van der Waals surface area contributed by atoms with E-state index in [0.29, 0.717) is 18.4 Å². The molecular formula is C18H32N2O2. The molecule has 126 valence electrons. The van der Waals surface area contributed by atoms with Crippen molar-refractivity contribution in [2.45, 2.75) is 52.1 Å². The van der Waals surface area contributed by atoms with Gasteiger partial charge >= 0.3 is 0 Å². The average molecular weight is 308 g/mol. The van der Waals surface area contributed by atoms with Gasteiger partial charge in [-0.1, -0.05) is 20.3 Å². The van der Waals surface area contributed by atoms with Crippen LogP contribution in [-0.4, -0.2) is 49.7 Å². The third-order valence-electron chi connectivity index (χ3n) is 5.71. The third-order valence-corrected chi connectivity index (χ3v) is 5.71. The molecule has 4 nitrogen and oxygen atoms in total. The summed E-state index contributed by atoms with van der Waals surface area (Å²) >= 11 is 0. The van der Waals surface area contributed by atoms with Crippen molar-refractivity contribution in [3.8, 4) is 0 Å². The number of fused-ring (bicyclic) bond motifs is 2. The molecule has 0 spiro atoms. The standard InChI is InChI=1S/C18H32N2O2/c1-13(2)11-20-5-6-22-17(12-20)10-19-18(21)9-16-8-14-3-4-15(16)7-14/h13-17H,3-12H2,1-2H3,(H,19,21)/t14-,15-,16+,17+/m0/s1. The Morgan fingerprint density at radius 3 is 2.86 bits per heavy atom. The predicted molar refractivity (Wildman–Crippen MR) is 87.6 cm³/mol. The molecule has 0 aromatic rings. The van der Waals surface area contributed by atoms with Crippen LogP contribution in [0.25, 0.3) is 0 Å². The third kappa shape index (κ3) is 4.23. The number of carbonyl (C=O) groups excluding carboxylic acids is 1. The monoisotopic (exact) mass is 308 g/mol. The molecule has 3 fully saturated rings. The van der Waals surface area contributed by atoms with Gasteiger partial charge < -0.3 is 10.1 Å². The highest BCUT2D eigenvalue weighted by Crippen LogP contribution is 2.49. The first-order chi connectivity index (χ1) is 10.6. The van der Waals surface area contributed by atoms with Crippen molar-refractivity contribution < 1.29 is 9.53 Å². The van der Waals surface area contributed by atoms with Gasteiger partial charge in [0.05, 0.1) is 12.7 Å². The number of rotatable bonds is 6. The van der Waals surface area contributed by atoms with Crippen molar-refractivity contribution in [3.05, 3.63) is 0 Å². The zero-order chi connectivity index (χ0) is 15.5. The molecule has 2 saturated carbocycles. The highest BCUT2D eigenvalue weighted by molar-refractivity contribution is 5.76. The molecule has 1 aliphatic heterocycles. The summed E-state index contributed by atoms with van der Waals surface area (Å²) in [5.41, 5.74) is 0. The molecule has 4 atom stereocenters. The lowest BCUT2D eigenvalue weighted by Gasteiger charge is -2.34. The molecule has 3 aliphatic rings. The van der Waals surface area contributed by atoms with E-state index < -0.39 is 0 Å². The van der Waals surface area contributed by atoms with Crippen molar-refractivity contribution in [1.29, 1.82) is 0 Å². The molecular weight excluding hydrogens is 276 g/mol. The van der Waals surface area contributed by atoms with Gasteiger partial charge in [0, 0.05) is 32.6 Å². The summed E-state index contributed by atoms with van der Waals surface area (Å²) in [6.45, 7) is 9.07. The zero-order valence-electron chi connectivity index (χ0n) is 14.2. The Kier molecular flexibility index (Phi) is 5.40. The van der Waals surface area contributed by atoms with E-state index in [4.69, 9.17) is 4.74 Å². The Morgan fingerprint density at radius 2 is 2.18 bits per heavy atom. The number of ether oxygens (including phenoxy) is 1. The summed E-state index contributed by atoms with van der Waals surface area (Å²) in [6.07, 6.45) is 6.34. The minimum absolute atomic E-state index is 0.163. The van der Waals surface area contributed by atoms with Crippen LogP contribution in [0.4, 0.5) is 0 Å². The van der Waals surface area contributed by atoms with E-state index in [-0.39, 0.29) is 12.0 Å². The first-order valence-electron chi connectivity index (χ1n) is 9.20. The van der Waals surface area contributed by atoms with Gasteiger partial charge in [-0.3, -0.25) is 9.69 Å². The van der Waals surface area contributed by atoms with Crippen molar-refractivity contribution in [2.24, 2.45) is 23.7 Å². The summed E-state index contributed by atoms with van der Waals surface area (Å²) in [5, 5.41) is 3.12. The molecule has 1 heterocycles. The SMILES string of the molecule is CC(C)CN1CCO[C@H](CNC(=O)C[C@H]2C[C@H]3CC[C@H]2C3)C1. The van der Waals surface area contributed by atoms with Crippen LogP contribution in [0.5, 0.6) is 0 Å². The van der Waals surface area contributed by atoms with Crippen LogP contribution >= 0.6 is 0 Å². The fraction of sp³-hybridized carbons (Fsp3) is 0.944. The van der Waals surface area contributed by atoms with E-state index in [1.807, 2.05) is 0 Å². The minimum atomic E-state index is 0.163. The van der Waals surface area contributed by atoms with E-state index in [1.54, 1.807) is 0 Å². The first kappa shape index (κ1) is 16.3. The van der Waals surface area contributed by atoms with E-state index in [1.165, 1.54) is 25.7 Å². The van der Waals surface area contributed by atoms with Crippen LogP contribution < -0.4 is 5.32 Å². The van der Waals surface area contributed by atoms with E-state index in [9.17, 15) is 4.79 Å². The molecule has 4 heteroatoms. The Hall–Kier alpha value is -0.610. The second kappa shape index (κ2) is 7.31. The maximum absolute atomic E-state index is 12.2. The molecule has 22 heavy (non-hydrogen) atoms. The minimum Gasteiger partial charge on any atom is -0.374 e. The van der Waals surface area contributed by atoms with Crippen LogP contribution in [0.15, 0.2) is 0 Å². The lowest BCUT2D eigenvalue weighted by atomic mass is 9.86. The van der Waals surface area contributed by atoms with Crippen LogP contribution in [0.1, 0.15) is 46.0 Å². The normalized spacial score (nSPS) is 35.2. The van der Waals surface area contributed by atoms with Crippen LogP contribution in [0.3, 0.4) is 0 Å². The Bertz CT molecular complexity index is 385. The van der Waals surface area contributed by atoms with E-state index >= 15 is 0 Å². The molecule has 0 aromatic heterocycles. The number of carbonyl (C=O) groups is 1. The van der Waals surface area contributed by atoms with Crippen molar-refractivity contribution in [1.82, 2.24) is 10.2 Å². The Morgan fingerprint density at radius 1 is 1.32 bits per heavy atom. The number of nitrogens with zero attached hydrogens (tertiary/aromatic N) is 1. The lowest BCUT2D eigenvalue weighted by molar-refractivity contribution is -0.123. The maximum Gasteiger partial charge on any atom is 0.220 e. The quantitative estimate of drug-likeness (QED) is 0.818. The number of nitrogens with one attached hydrogen (secondary N) is 1. The fourth-order valence-corrected chi connectivity index (χ4v) is 4.75. The molecule has 3 rings (SSSR count). The Balaban J connectivity index is 1.36. The van der Waals surface area contributed by atoms with Gasteiger partial charge in [-0.25, -0.2) is 0 Å². The molecule has 2 aliphatic carbocycles. The van der Waals surface area contributed by atoms with Gasteiger partial charge in [0.1, 0.15) is 0 Å². The van der Waals surface area contributed by atoms with Crippen molar-refractivity contribution in [2.75, 3.05) is 32.8 Å². The zero-order valence-corrected chi connectivity index (χ0v) is 14.2. The maximum atomic E-state index is 12.2. The fourth-order valence-electron chi connectivity index (χ4n) is 4.75. The highest BCUT2D eigenvalue weighted by atomic mass is 16.5. The van der Waals surface area contributed by atoms with E-state index in [0.717, 1.165) is 44.5 Å². The molecule has 0 aromatic carbocycles. The van der Waals surface area contributed by atoms with Gasteiger partial charge in [0.2, 0.25) is 5.91 Å². The van der Waals surface area contributed by atoms with Gasteiger partial charge in [0.15, 0.2) is 0 Å². The molecule has 0 radical (unpaired) electrons. The van der Waals surface area contributed by atoms with Crippen molar-refractivity contribution in [3.63, 3.8) is 0 Å². The van der Waals surface area contributed by atoms with Gasteiger partial charge in [-0.15, -0.1) is 0 Å². The largest absolute Gasteiger partial charge is 0.374 e. The topological polar surface area (TPSA) is 41.6 Å². The van der Waals surface area contributed by atoms with Gasteiger partial charge in [0.25, 0.3) is 0 Å². The number of amides is 1. The number of hydrogen-bond acceptors (Lipinski definition) is 3. The second-order valence-corrected chi connectivity index (χ2v) is 8.09. The van der Waals surface area contributed by atoms with E-state index in [2.05, 4.69) is 24.1 Å². The molecule has 2 bridgehead atoms. The summed E-state index contributed by atoms with van der Waals surface area (Å²) in [4.78, 5) is 14.7. The summed E-state index contributed by atoms with van der Waals surface area (Å²) in [6, 6.07) is 0. The lowest BCUT2D eigenvalue weighted by Crippen LogP contribution is -2.48. The number of morpholine rings is 1. The van der Waals surface area contributed by atoms with Crippen molar-refractivity contribution >= 4 is 5.91 Å². The first-order valence-corrected chi connectivity index (χ1v) is 9.20. The molecule has 1 N–H and O–H groups in total. The summed E-state index contributed by atoms with van der Waals surface area (Å²) in [5.74, 6) is 3.34. The summed E-state index contributed by atoms with van der Waals surface area (Å²) < 4.78 is 5.80. The Labute approximate surface area is 135 Å². The summed E-state index contributed by atoms with van der Waals surface area (Å²) in [7, 11) is 0. The second-order valence-electron chi connectivity index (χ2n) is 8.09. The van der Waals surface area contributed by atoms with Crippen LogP contribution in [0, 0.1) is 23.7 Å². The van der Waals surface area contributed by atoms with Crippen LogP contribution in [-0.2, 0) is 9.53 Å². The number of hydrogen-bond donors (Lipinski definition) is 1. The predicted octanol–water partition coefficient (Wildman–Crippen LogP) is 2.29.